The fourth-order valence-corrected chi connectivity index (χ4v) is 3.90. The van der Waals surface area contributed by atoms with Crippen LogP contribution in [-0.4, -0.2) is 28.9 Å². The second kappa shape index (κ2) is 10.1. The highest BCUT2D eigenvalue weighted by Gasteiger charge is 2.26. The number of hydrogen-bond donors (Lipinski definition) is 0. The lowest BCUT2D eigenvalue weighted by molar-refractivity contribution is 0.125. The van der Waals surface area contributed by atoms with Gasteiger partial charge < -0.3 is 9.80 Å². The summed E-state index contributed by atoms with van der Waals surface area (Å²) in [6.07, 6.45) is 6.19. The molecule has 0 aromatic heterocycles. The number of benzene rings is 2. The van der Waals surface area contributed by atoms with Crippen molar-refractivity contribution in [2.24, 2.45) is 5.92 Å². The van der Waals surface area contributed by atoms with Gasteiger partial charge in [-0.05, 0) is 29.9 Å². The number of carbonyl (C=O) groups excluding carboxylic acids is 1. The Bertz CT molecular complexity index is 637. The quantitative estimate of drug-likeness (QED) is 0.617. The smallest absolute Gasteiger partial charge is 0.320 e. The molecule has 27 heavy (non-hydrogen) atoms. The summed E-state index contributed by atoms with van der Waals surface area (Å²) in [7, 11) is 0. The van der Waals surface area contributed by atoms with Crippen molar-refractivity contribution in [3.63, 3.8) is 0 Å². The van der Waals surface area contributed by atoms with E-state index in [0.717, 1.165) is 31.8 Å². The van der Waals surface area contributed by atoms with E-state index in [4.69, 9.17) is 0 Å². The molecule has 144 valence electrons. The van der Waals surface area contributed by atoms with Crippen molar-refractivity contribution in [1.82, 2.24) is 9.80 Å². The minimum absolute atomic E-state index is 0.177. The molecule has 0 N–H and O–H groups in total. The van der Waals surface area contributed by atoms with Crippen LogP contribution in [0.4, 0.5) is 4.79 Å². The summed E-state index contributed by atoms with van der Waals surface area (Å²) in [5.41, 5.74) is 2.36. The van der Waals surface area contributed by atoms with Crippen LogP contribution in [0.15, 0.2) is 60.7 Å². The van der Waals surface area contributed by atoms with Gasteiger partial charge in [0.25, 0.3) is 0 Å². The fourth-order valence-electron chi connectivity index (χ4n) is 3.90. The van der Waals surface area contributed by atoms with Crippen molar-refractivity contribution in [2.75, 3.05) is 13.1 Å². The van der Waals surface area contributed by atoms with E-state index in [1.54, 1.807) is 0 Å². The van der Waals surface area contributed by atoms with Gasteiger partial charge in [0, 0.05) is 26.2 Å². The number of carbonyl (C=O) groups is 1. The zero-order valence-corrected chi connectivity index (χ0v) is 16.5. The fraction of sp³-hybridized carbons (Fsp3) is 0.458. The molecular weight excluding hydrogens is 332 g/mol. The molecule has 3 rings (SSSR count). The van der Waals surface area contributed by atoms with Gasteiger partial charge in [-0.2, -0.15) is 0 Å². The molecule has 1 heterocycles. The van der Waals surface area contributed by atoms with Crippen molar-refractivity contribution in [2.45, 2.75) is 52.1 Å². The number of unbranched alkanes of at least 4 members (excludes halogenated alkanes) is 1. The first kappa shape index (κ1) is 19.5. The van der Waals surface area contributed by atoms with E-state index in [1.165, 1.54) is 30.4 Å². The molecule has 3 nitrogen and oxygen atoms in total. The first-order chi connectivity index (χ1) is 13.3. The molecule has 0 unspecified atom stereocenters. The van der Waals surface area contributed by atoms with Gasteiger partial charge in [-0.25, -0.2) is 4.79 Å². The van der Waals surface area contributed by atoms with Gasteiger partial charge in [0.15, 0.2) is 0 Å². The van der Waals surface area contributed by atoms with Crippen LogP contribution in [0.2, 0.25) is 0 Å². The Balaban J connectivity index is 1.65. The van der Waals surface area contributed by atoms with Crippen LogP contribution < -0.4 is 0 Å². The number of nitrogens with zero attached hydrogens (tertiary/aromatic N) is 2. The average Bonchev–Trinajstić information content (AvgIpc) is 2.73. The Morgan fingerprint density at radius 3 is 1.93 bits per heavy atom. The maximum absolute atomic E-state index is 13.3. The maximum atomic E-state index is 13.3. The third-order valence-corrected chi connectivity index (χ3v) is 5.55. The Morgan fingerprint density at radius 2 is 1.44 bits per heavy atom. The summed E-state index contributed by atoms with van der Waals surface area (Å²) >= 11 is 0. The Hall–Kier alpha value is -2.29. The Morgan fingerprint density at radius 1 is 0.926 bits per heavy atom. The molecule has 0 saturated carbocycles. The van der Waals surface area contributed by atoms with Gasteiger partial charge in [0.2, 0.25) is 0 Å². The number of hydrogen-bond acceptors (Lipinski definition) is 1. The topological polar surface area (TPSA) is 23.6 Å². The molecule has 0 spiro atoms. The van der Waals surface area contributed by atoms with Crippen LogP contribution >= 0.6 is 0 Å². The average molecular weight is 365 g/mol. The summed E-state index contributed by atoms with van der Waals surface area (Å²) in [6.45, 7) is 5.36. The molecule has 1 fully saturated rings. The molecule has 1 aliphatic heterocycles. The van der Waals surface area contributed by atoms with Crippen LogP contribution in [0.1, 0.15) is 50.2 Å². The lowest BCUT2D eigenvalue weighted by atomic mass is 9.92. The first-order valence-electron chi connectivity index (χ1n) is 10.4. The van der Waals surface area contributed by atoms with Crippen LogP contribution in [0.3, 0.4) is 0 Å². The minimum Gasteiger partial charge on any atom is -0.325 e. The SMILES string of the molecule is CCCCC1CCN(C(=O)N(Cc2ccccc2)Cc2ccccc2)CC1. The summed E-state index contributed by atoms with van der Waals surface area (Å²) in [6, 6.07) is 20.8. The minimum atomic E-state index is 0.177. The van der Waals surface area contributed by atoms with Crippen LogP contribution in [-0.2, 0) is 13.1 Å². The molecule has 0 atom stereocenters. The monoisotopic (exact) mass is 364 g/mol. The van der Waals surface area contributed by atoms with E-state index >= 15 is 0 Å². The first-order valence-corrected chi connectivity index (χ1v) is 10.4. The molecule has 1 saturated heterocycles. The van der Waals surface area contributed by atoms with E-state index in [1.807, 2.05) is 41.3 Å². The number of piperidine rings is 1. The molecule has 1 aliphatic rings. The molecular formula is C24H32N2O. The number of rotatable bonds is 7. The van der Waals surface area contributed by atoms with Crippen molar-refractivity contribution >= 4 is 6.03 Å². The van der Waals surface area contributed by atoms with Gasteiger partial charge in [-0.1, -0.05) is 86.8 Å². The second-order valence-corrected chi connectivity index (χ2v) is 7.68. The lowest BCUT2D eigenvalue weighted by Gasteiger charge is -2.36. The van der Waals surface area contributed by atoms with E-state index in [0.29, 0.717) is 13.1 Å². The highest BCUT2D eigenvalue weighted by molar-refractivity contribution is 5.74. The highest BCUT2D eigenvalue weighted by atomic mass is 16.2. The maximum Gasteiger partial charge on any atom is 0.320 e. The number of amides is 2. The molecule has 0 aliphatic carbocycles. The van der Waals surface area contributed by atoms with Gasteiger partial charge in [0.1, 0.15) is 0 Å². The summed E-state index contributed by atoms with van der Waals surface area (Å²) in [5.74, 6) is 0.797. The third kappa shape index (κ3) is 5.85. The van der Waals surface area contributed by atoms with Gasteiger partial charge >= 0.3 is 6.03 Å². The summed E-state index contributed by atoms with van der Waals surface area (Å²) in [5, 5.41) is 0. The molecule has 3 heteroatoms. The van der Waals surface area contributed by atoms with E-state index in [2.05, 4.69) is 36.1 Å². The van der Waals surface area contributed by atoms with E-state index in [9.17, 15) is 4.79 Å². The number of urea groups is 1. The molecule has 0 radical (unpaired) electrons. The zero-order chi connectivity index (χ0) is 18.9. The molecule has 2 aromatic carbocycles. The standard InChI is InChI=1S/C24H32N2O/c1-2-3-10-21-15-17-25(18-16-21)24(27)26(19-22-11-6-4-7-12-22)20-23-13-8-5-9-14-23/h4-9,11-14,21H,2-3,10,15-20H2,1H3. The zero-order valence-electron chi connectivity index (χ0n) is 16.5. The lowest BCUT2D eigenvalue weighted by Crippen LogP contribution is -2.46. The number of likely N-dealkylation sites (tertiary alicyclic amines) is 1. The third-order valence-electron chi connectivity index (χ3n) is 5.55. The summed E-state index contributed by atoms with van der Waals surface area (Å²) < 4.78 is 0. The van der Waals surface area contributed by atoms with Crippen molar-refractivity contribution < 1.29 is 4.79 Å². The normalized spacial score (nSPS) is 14.9. The second-order valence-electron chi connectivity index (χ2n) is 7.68. The van der Waals surface area contributed by atoms with Gasteiger partial charge in [-0.3, -0.25) is 0 Å². The van der Waals surface area contributed by atoms with Crippen LogP contribution in [0.25, 0.3) is 0 Å². The van der Waals surface area contributed by atoms with E-state index < -0.39 is 0 Å². The molecule has 0 bridgehead atoms. The predicted molar refractivity (Wildman–Crippen MR) is 111 cm³/mol. The Kier molecular flexibility index (Phi) is 7.32. The van der Waals surface area contributed by atoms with Gasteiger partial charge in [-0.15, -0.1) is 0 Å². The predicted octanol–water partition coefficient (Wildman–Crippen LogP) is 5.71. The van der Waals surface area contributed by atoms with Crippen LogP contribution in [0.5, 0.6) is 0 Å². The molecule has 2 amide bonds. The van der Waals surface area contributed by atoms with Gasteiger partial charge in [0.05, 0.1) is 0 Å². The highest BCUT2D eigenvalue weighted by Crippen LogP contribution is 2.24. The van der Waals surface area contributed by atoms with E-state index in [-0.39, 0.29) is 6.03 Å². The Labute approximate surface area is 164 Å². The van der Waals surface area contributed by atoms with Crippen LogP contribution in [0, 0.1) is 5.92 Å². The van der Waals surface area contributed by atoms with Crippen molar-refractivity contribution in [3.05, 3.63) is 71.8 Å². The largest absolute Gasteiger partial charge is 0.325 e. The molecule has 2 aromatic rings. The van der Waals surface area contributed by atoms with Crippen molar-refractivity contribution in [3.8, 4) is 0 Å². The van der Waals surface area contributed by atoms with Crippen molar-refractivity contribution in [1.29, 1.82) is 0 Å². The summed E-state index contributed by atoms with van der Waals surface area (Å²) in [4.78, 5) is 17.3.